The number of aromatic nitrogens is 2. The lowest BCUT2D eigenvalue weighted by molar-refractivity contribution is 0.103. The van der Waals surface area contributed by atoms with Crippen LogP contribution in [0.4, 0.5) is 14.5 Å². The van der Waals surface area contributed by atoms with Crippen molar-refractivity contribution in [3.8, 4) is 11.5 Å². The van der Waals surface area contributed by atoms with Gasteiger partial charge in [-0.1, -0.05) is 0 Å². The highest BCUT2D eigenvalue weighted by atomic mass is 32.2. The lowest BCUT2D eigenvalue weighted by Gasteiger charge is -2.13. The molecule has 0 unspecified atom stereocenters. The highest BCUT2D eigenvalue weighted by Crippen LogP contribution is 2.35. The van der Waals surface area contributed by atoms with Crippen molar-refractivity contribution >= 4 is 34.5 Å². The van der Waals surface area contributed by atoms with Gasteiger partial charge in [-0.2, -0.15) is 0 Å². The summed E-state index contributed by atoms with van der Waals surface area (Å²) in [7, 11) is 3.04. The predicted octanol–water partition coefficient (Wildman–Crippen LogP) is 5.21. The van der Waals surface area contributed by atoms with Crippen molar-refractivity contribution in [2.45, 2.75) is 4.90 Å². The summed E-state index contributed by atoms with van der Waals surface area (Å²) >= 11 is 1.05. The first kappa shape index (κ1) is 20.7. The summed E-state index contributed by atoms with van der Waals surface area (Å²) in [6.45, 7) is 0. The van der Waals surface area contributed by atoms with Gasteiger partial charge < -0.3 is 19.2 Å². The minimum atomic E-state index is -0.988. The first-order chi connectivity index (χ1) is 15.0. The average Bonchev–Trinajstić information content (AvgIpc) is 3.22. The lowest BCUT2D eigenvalue weighted by atomic mass is 10.0. The zero-order valence-electron chi connectivity index (χ0n) is 16.5. The number of hydrogen-bond acceptors (Lipinski definition) is 6. The third-order valence-corrected chi connectivity index (χ3v) is 5.52. The van der Waals surface area contributed by atoms with E-state index in [1.807, 2.05) is 0 Å². The fourth-order valence-corrected chi connectivity index (χ4v) is 3.90. The molecule has 31 heavy (non-hydrogen) atoms. The van der Waals surface area contributed by atoms with E-state index in [2.05, 4.69) is 14.7 Å². The number of benzene rings is 2. The summed E-state index contributed by atoms with van der Waals surface area (Å²) in [4.78, 5) is 20.5. The predicted molar refractivity (Wildman–Crippen MR) is 115 cm³/mol. The van der Waals surface area contributed by atoms with E-state index in [1.54, 1.807) is 36.5 Å². The fourth-order valence-electron chi connectivity index (χ4n) is 3.09. The van der Waals surface area contributed by atoms with Crippen LogP contribution in [-0.4, -0.2) is 30.0 Å². The molecule has 4 aromatic rings. The molecule has 0 saturated heterocycles. The molecule has 0 aliphatic heterocycles. The molecule has 2 N–H and O–H groups in total. The van der Waals surface area contributed by atoms with Crippen LogP contribution in [0.5, 0.6) is 11.5 Å². The second kappa shape index (κ2) is 8.65. The maximum atomic E-state index is 15.2. The Balaban J connectivity index is 1.66. The molecule has 0 spiro atoms. The van der Waals surface area contributed by atoms with Gasteiger partial charge in [-0.15, -0.1) is 0 Å². The molecule has 2 heterocycles. The molecule has 158 valence electrons. The summed E-state index contributed by atoms with van der Waals surface area (Å²) in [5.74, 6) is -1.58. The van der Waals surface area contributed by atoms with Crippen molar-refractivity contribution in [2.75, 3.05) is 18.9 Å². The maximum Gasteiger partial charge on any atom is 0.201 e. The molecule has 0 saturated carbocycles. The molecule has 0 aliphatic carbocycles. The number of nitrogens with one attached hydrogen (secondary N) is 2. The van der Waals surface area contributed by atoms with Gasteiger partial charge in [0.25, 0.3) is 0 Å². The number of fused-ring (bicyclic) bond motifs is 1. The lowest BCUT2D eigenvalue weighted by Crippen LogP contribution is -2.09. The minimum Gasteiger partial charge on any atom is -0.497 e. The Morgan fingerprint density at radius 3 is 2.74 bits per heavy atom. The van der Waals surface area contributed by atoms with E-state index < -0.39 is 23.0 Å². The third-order valence-electron chi connectivity index (χ3n) is 4.66. The van der Waals surface area contributed by atoms with Crippen molar-refractivity contribution in [1.29, 1.82) is 0 Å². The number of methoxy groups -OCH3 is 2. The molecular formula is C22H17F2N3O3S. The van der Waals surface area contributed by atoms with Gasteiger partial charge in [-0.3, -0.25) is 4.79 Å². The van der Waals surface area contributed by atoms with Gasteiger partial charge in [-0.05, 0) is 54.4 Å². The monoisotopic (exact) mass is 441 g/mol. The molecule has 2 aromatic carbocycles. The number of halogens is 2. The first-order valence-electron chi connectivity index (χ1n) is 9.13. The summed E-state index contributed by atoms with van der Waals surface area (Å²) in [6, 6.07) is 10.7. The Labute approximate surface area is 180 Å². The number of ketones is 1. The molecule has 0 radical (unpaired) electrons. The van der Waals surface area contributed by atoms with Gasteiger partial charge in [-0.25, -0.2) is 13.8 Å². The minimum absolute atomic E-state index is 0.0439. The molecule has 4 rings (SSSR count). The number of carbonyl (C=O) groups is 1. The van der Waals surface area contributed by atoms with Crippen LogP contribution in [0.1, 0.15) is 15.9 Å². The van der Waals surface area contributed by atoms with Crippen LogP contribution in [0.2, 0.25) is 0 Å². The number of carbonyl (C=O) groups excluding carboxylic acids is 1. The van der Waals surface area contributed by atoms with Crippen LogP contribution in [0.15, 0.2) is 59.8 Å². The van der Waals surface area contributed by atoms with Gasteiger partial charge in [0.1, 0.15) is 23.0 Å². The molecule has 0 aliphatic rings. The highest BCUT2D eigenvalue weighted by Gasteiger charge is 2.24. The molecule has 9 heteroatoms. The summed E-state index contributed by atoms with van der Waals surface area (Å²) in [5, 5.41) is 0.486. The summed E-state index contributed by atoms with van der Waals surface area (Å²) in [6.07, 6.45) is 2.96. The zero-order chi connectivity index (χ0) is 22.0. The molecule has 0 atom stereocenters. The SMILES string of the molecule is COc1ccc(OC)c(SNc2ccc(F)c(C(=O)c3c[nH]c4ncccc34)c2F)c1. The number of ether oxygens (including phenoxy) is 2. The van der Waals surface area contributed by atoms with Gasteiger partial charge in [0.15, 0.2) is 5.82 Å². The second-order valence-electron chi connectivity index (χ2n) is 6.44. The number of aromatic amines is 1. The molecule has 2 aromatic heterocycles. The highest BCUT2D eigenvalue weighted by molar-refractivity contribution is 8.00. The van der Waals surface area contributed by atoms with E-state index in [-0.39, 0.29) is 11.3 Å². The largest absolute Gasteiger partial charge is 0.497 e. The Kier molecular flexibility index (Phi) is 5.77. The normalized spacial score (nSPS) is 10.8. The van der Waals surface area contributed by atoms with Crippen LogP contribution in [-0.2, 0) is 0 Å². The molecule has 0 amide bonds. The van der Waals surface area contributed by atoms with Gasteiger partial charge >= 0.3 is 0 Å². The number of H-pyrrole nitrogens is 1. The fraction of sp³-hybridized carbons (Fsp3) is 0.0909. The smallest absolute Gasteiger partial charge is 0.201 e. The van der Waals surface area contributed by atoms with Crippen molar-refractivity contribution < 1.29 is 23.0 Å². The molecular weight excluding hydrogens is 424 g/mol. The number of pyridine rings is 1. The van der Waals surface area contributed by atoms with Crippen LogP contribution in [0.25, 0.3) is 11.0 Å². The second-order valence-corrected chi connectivity index (χ2v) is 7.28. The van der Waals surface area contributed by atoms with Gasteiger partial charge in [0, 0.05) is 23.3 Å². The molecule has 6 nitrogen and oxygen atoms in total. The first-order valence-corrected chi connectivity index (χ1v) is 9.94. The van der Waals surface area contributed by atoms with E-state index in [9.17, 15) is 9.18 Å². The quantitative estimate of drug-likeness (QED) is 0.303. The number of hydrogen-bond donors (Lipinski definition) is 2. The van der Waals surface area contributed by atoms with Crippen molar-refractivity contribution in [2.24, 2.45) is 0 Å². The van der Waals surface area contributed by atoms with Crippen LogP contribution < -0.4 is 14.2 Å². The van der Waals surface area contributed by atoms with Gasteiger partial charge in [0.05, 0.1) is 30.4 Å². The topological polar surface area (TPSA) is 76.2 Å². The van der Waals surface area contributed by atoms with E-state index >= 15 is 4.39 Å². The van der Waals surface area contributed by atoms with Crippen molar-refractivity contribution in [3.05, 3.63) is 77.6 Å². The van der Waals surface area contributed by atoms with E-state index in [1.165, 1.54) is 26.5 Å². The Morgan fingerprint density at radius 1 is 1.13 bits per heavy atom. The average molecular weight is 441 g/mol. The van der Waals surface area contributed by atoms with Crippen LogP contribution >= 0.6 is 11.9 Å². The third kappa shape index (κ3) is 3.91. The molecule has 0 fully saturated rings. The van der Waals surface area contributed by atoms with E-state index in [4.69, 9.17) is 9.47 Å². The van der Waals surface area contributed by atoms with Gasteiger partial charge in [0.2, 0.25) is 5.78 Å². The van der Waals surface area contributed by atoms with E-state index in [0.717, 1.165) is 18.0 Å². The Morgan fingerprint density at radius 2 is 1.97 bits per heavy atom. The van der Waals surface area contributed by atoms with Crippen molar-refractivity contribution in [1.82, 2.24) is 9.97 Å². The number of nitrogens with zero attached hydrogens (tertiary/aromatic N) is 1. The Bertz CT molecular complexity index is 1280. The van der Waals surface area contributed by atoms with Crippen LogP contribution in [0, 0.1) is 11.6 Å². The zero-order valence-corrected chi connectivity index (χ0v) is 17.3. The Hall–Kier alpha value is -3.59. The van der Waals surface area contributed by atoms with Crippen molar-refractivity contribution in [3.63, 3.8) is 0 Å². The van der Waals surface area contributed by atoms with Crippen LogP contribution in [0.3, 0.4) is 0 Å². The molecule has 0 bridgehead atoms. The summed E-state index contributed by atoms with van der Waals surface area (Å²) in [5.41, 5.74) is -0.0904. The maximum absolute atomic E-state index is 15.2. The summed E-state index contributed by atoms with van der Waals surface area (Å²) < 4.78 is 43.0. The standard InChI is InChI=1S/C22H17F2N3O3S/c1-29-12-5-8-17(30-2)18(10-12)31-27-16-7-6-15(23)19(20(16)24)21(28)14-11-26-22-13(14)4-3-9-25-22/h3-11,27H,1-2H3,(H,25,26). The number of rotatable bonds is 7. The number of anilines is 1. The van der Waals surface area contributed by atoms with E-state index in [0.29, 0.717) is 27.4 Å².